The number of nitrogens with two attached hydrogens (primary N) is 1. The number of benzene rings is 1. The fourth-order valence-corrected chi connectivity index (χ4v) is 1.50. The van der Waals surface area contributed by atoms with E-state index in [1.165, 1.54) is 6.07 Å². The van der Waals surface area contributed by atoms with Gasteiger partial charge in [-0.2, -0.15) is 0 Å². The van der Waals surface area contributed by atoms with Crippen LogP contribution >= 0.6 is 0 Å². The van der Waals surface area contributed by atoms with Gasteiger partial charge in [-0.25, -0.2) is 4.98 Å². The molecule has 88 valence electrons. The Hall–Kier alpha value is -2.30. The third-order valence-corrected chi connectivity index (χ3v) is 2.31. The van der Waals surface area contributed by atoms with E-state index in [4.69, 9.17) is 5.73 Å². The summed E-state index contributed by atoms with van der Waals surface area (Å²) in [5.74, 6) is 1.17. The number of anilines is 2. The number of rotatable bonds is 3. The number of nitrogen functional groups attached to an aromatic ring is 1. The highest BCUT2D eigenvalue weighted by Crippen LogP contribution is 2.07. The van der Waals surface area contributed by atoms with Gasteiger partial charge >= 0.3 is 0 Å². The van der Waals surface area contributed by atoms with Crippen molar-refractivity contribution in [1.29, 1.82) is 0 Å². The molecule has 0 spiro atoms. The SMILES string of the molecule is Cc1nc(NCc2ccc(N)cc2)cc(=O)[nH]1. The lowest BCUT2D eigenvalue weighted by Gasteiger charge is -2.06. The van der Waals surface area contributed by atoms with Crippen LogP contribution in [0, 0.1) is 6.92 Å². The smallest absolute Gasteiger partial charge is 0.252 e. The monoisotopic (exact) mass is 230 g/mol. The van der Waals surface area contributed by atoms with E-state index >= 15 is 0 Å². The van der Waals surface area contributed by atoms with E-state index < -0.39 is 0 Å². The molecule has 1 aromatic carbocycles. The Balaban J connectivity index is 2.07. The third-order valence-electron chi connectivity index (χ3n) is 2.31. The Morgan fingerprint density at radius 1 is 1.35 bits per heavy atom. The van der Waals surface area contributed by atoms with Gasteiger partial charge in [-0.05, 0) is 24.6 Å². The summed E-state index contributed by atoms with van der Waals surface area (Å²) in [5, 5.41) is 3.09. The van der Waals surface area contributed by atoms with E-state index in [-0.39, 0.29) is 5.56 Å². The standard InChI is InChI=1S/C12H14N4O/c1-8-15-11(6-12(17)16-8)14-7-9-2-4-10(13)5-3-9/h2-6H,7,13H2,1H3,(H2,14,15,16,17). The van der Waals surface area contributed by atoms with E-state index in [1.54, 1.807) is 6.92 Å². The molecule has 0 saturated carbocycles. The van der Waals surface area contributed by atoms with E-state index in [0.29, 0.717) is 18.2 Å². The molecule has 0 fully saturated rings. The van der Waals surface area contributed by atoms with Gasteiger partial charge in [0.1, 0.15) is 11.6 Å². The molecule has 17 heavy (non-hydrogen) atoms. The first kappa shape index (κ1) is 11.2. The number of nitrogens with one attached hydrogen (secondary N) is 2. The van der Waals surface area contributed by atoms with Gasteiger partial charge in [0.2, 0.25) is 0 Å². The summed E-state index contributed by atoms with van der Waals surface area (Å²) in [6.07, 6.45) is 0. The Kier molecular flexibility index (Phi) is 3.09. The molecule has 0 aliphatic carbocycles. The van der Waals surface area contributed by atoms with Crippen molar-refractivity contribution >= 4 is 11.5 Å². The Morgan fingerprint density at radius 2 is 2.06 bits per heavy atom. The van der Waals surface area contributed by atoms with Crippen LogP contribution in [0.15, 0.2) is 35.1 Å². The molecule has 5 heteroatoms. The van der Waals surface area contributed by atoms with Crippen LogP contribution in [0.4, 0.5) is 11.5 Å². The minimum atomic E-state index is -0.155. The molecular weight excluding hydrogens is 216 g/mol. The number of hydrogen-bond acceptors (Lipinski definition) is 4. The summed E-state index contributed by atoms with van der Waals surface area (Å²) >= 11 is 0. The number of hydrogen-bond donors (Lipinski definition) is 3. The Bertz CT molecular complexity index is 559. The van der Waals surface area contributed by atoms with Crippen molar-refractivity contribution in [3.63, 3.8) is 0 Å². The predicted molar refractivity (Wildman–Crippen MR) is 67.8 cm³/mol. The second-order valence-corrected chi connectivity index (χ2v) is 3.81. The third kappa shape index (κ3) is 3.07. The number of H-pyrrole nitrogens is 1. The highest BCUT2D eigenvalue weighted by molar-refractivity contribution is 5.41. The zero-order chi connectivity index (χ0) is 12.3. The van der Waals surface area contributed by atoms with Crippen molar-refractivity contribution in [1.82, 2.24) is 9.97 Å². The van der Waals surface area contributed by atoms with Crippen LogP contribution in [0.3, 0.4) is 0 Å². The maximum absolute atomic E-state index is 11.2. The van der Waals surface area contributed by atoms with Crippen molar-refractivity contribution in [3.8, 4) is 0 Å². The van der Waals surface area contributed by atoms with Crippen molar-refractivity contribution in [2.75, 3.05) is 11.1 Å². The van der Waals surface area contributed by atoms with Gasteiger partial charge in [0, 0.05) is 18.3 Å². The summed E-state index contributed by atoms with van der Waals surface area (Å²) in [5.41, 5.74) is 7.26. The largest absolute Gasteiger partial charge is 0.399 e. The zero-order valence-electron chi connectivity index (χ0n) is 9.53. The van der Waals surface area contributed by atoms with E-state index in [9.17, 15) is 4.79 Å². The van der Waals surface area contributed by atoms with Gasteiger partial charge in [0.05, 0.1) is 0 Å². The molecular formula is C12H14N4O. The average molecular weight is 230 g/mol. The maximum Gasteiger partial charge on any atom is 0.252 e. The quantitative estimate of drug-likeness (QED) is 0.693. The van der Waals surface area contributed by atoms with Crippen LogP contribution in [0.1, 0.15) is 11.4 Å². The number of aryl methyl sites for hydroxylation is 1. The molecule has 2 aromatic rings. The number of nitrogens with zero attached hydrogens (tertiary/aromatic N) is 1. The fraction of sp³-hybridized carbons (Fsp3) is 0.167. The van der Waals surface area contributed by atoms with Crippen molar-refractivity contribution in [2.45, 2.75) is 13.5 Å². The lowest BCUT2D eigenvalue weighted by molar-refractivity contribution is 0.997. The zero-order valence-corrected chi connectivity index (χ0v) is 9.53. The number of aromatic amines is 1. The molecule has 0 aliphatic rings. The molecule has 0 saturated heterocycles. The molecule has 1 aromatic heterocycles. The normalized spacial score (nSPS) is 10.2. The molecule has 0 unspecified atom stereocenters. The first-order chi connectivity index (χ1) is 8.13. The first-order valence-corrected chi connectivity index (χ1v) is 5.30. The van der Waals surface area contributed by atoms with Crippen LogP contribution in [0.25, 0.3) is 0 Å². The lowest BCUT2D eigenvalue weighted by Crippen LogP contribution is -2.11. The predicted octanol–water partition coefficient (Wildman–Crippen LogP) is 1.27. The maximum atomic E-state index is 11.2. The summed E-state index contributed by atoms with van der Waals surface area (Å²) < 4.78 is 0. The molecule has 0 aliphatic heterocycles. The number of aromatic nitrogens is 2. The van der Waals surface area contributed by atoms with Crippen molar-refractivity contribution < 1.29 is 0 Å². The van der Waals surface area contributed by atoms with Gasteiger partial charge in [-0.1, -0.05) is 12.1 Å². The average Bonchev–Trinajstić information content (AvgIpc) is 2.27. The molecule has 5 nitrogen and oxygen atoms in total. The minimum Gasteiger partial charge on any atom is -0.399 e. The van der Waals surface area contributed by atoms with Crippen LogP contribution in [0.2, 0.25) is 0 Å². The summed E-state index contributed by atoms with van der Waals surface area (Å²) in [6.45, 7) is 2.35. The molecule has 2 rings (SSSR count). The summed E-state index contributed by atoms with van der Waals surface area (Å²) in [6, 6.07) is 8.98. The fourth-order valence-electron chi connectivity index (χ4n) is 1.50. The highest BCUT2D eigenvalue weighted by atomic mass is 16.1. The molecule has 0 amide bonds. The van der Waals surface area contributed by atoms with Gasteiger partial charge in [0.25, 0.3) is 5.56 Å². The van der Waals surface area contributed by atoms with Gasteiger partial charge in [-0.15, -0.1) is 0 Å². The highest BCUT2D eigenvalue weighted by Gasteiger charge is 1.98. The van der Waals surface area contributed by atoms with Crippen molar-refractivity contribution in [3.05, 3.63) is 52.1 Å². The first-order valence-electron chi connectivity index (χ1n) is 5.30. The van der Waals surface area contributed by atoms with E-state index in [1.807, 2.05) is 24.3 Å². The topological polar surface area (TPSA) is 83.8 Å². The molecule has 1 heterocycles. The van der Waals surface area contributed by atoms with Gasteiger partial charge < -0.3 is 16.0 Å². The molecule has 0 atom stereocenters. The van der Waals surface area contributed by atoms with Gasteiger partial charge in [0.15, 0.2) is 0 Å². The summed E-state index contributed by atoms with van der Waals surface area (Å²) in [4.78, 5) is 18.0. The van der Waals surface area contributed by atoms with Crippen LogP contribution < -0.4 is 16.6 Å². The second kappa shape index (κ2) is 4.69. The van der Waals surface area contributed by atoms with Crippen LogP contribution in [-0.4, -0.2) is 9.97 Å². The van der Waals surface area contributed by atoms with E-state index in [2.05, 4.69) is 15.3 Å². The lowest BCUT2D eigenvalue weighted by atomic mass is 10.2. The molecule has 0 radical (unpaired) electrons. The second-order valence-electron chi connectivity index (χ2n) is 3.81. The molecule has 4 N–H and O–H groups in total. The van der Waals surface area contributed by atoms with Crippen LogP contribution in [0.5, 0.6) is 0 Å². The Morgan fingerprint density at radius 3 is 2.71 bits per heavy atom. The Labute approximate surface area is 98.7 Å². The van der Waals surface area contributed by atoms with E-state index in [0.717, 1.165) is 11.3 Å². The van der Waals surface area contributed by atoms with Crippen LogP contribution in [-0.2, 0) is 6.54 Å². The summed E-state index contributed by atoms with van der Waals surface area (Å²) in [7, 11) is 0. The minimum absolute atomic E-state index is 0.155. The van der Waals surface area contributed by atoms with Gasteiger partial charge in [-0.3, -0.25) is 4.79 Å². The molecule has 0 bridgehead atoms. The van der Waals surface area contributed by atoms with Crippen molar-refractivity contribution in [2.24, 2.45) is 0 Å².